The van der Waals surface area contributed by atoms with Crippen LogP contribution in [-0.4, -0.2) is 84.1 Å². The van der Waals surface area contributed by atoms with Crippen LogP contribution in [0.5, 0.6) is 6.01 Å². The third-order valence-corrected chi connectivity index (χ3v) is 9.64. The van der Waals surface area contributed by atoms with E-state index in [0.717, 1.165) is 68.7 Å². The van der Waals surface area contributed by atoms with Crippen LogP contribution >= 0.6 is 0 Å². The normalized spacial score (nSPS) is 23.8. The molecule has 2 aliphatic carbocycles. The molecule has 222 valence electrons. The van der Waals surface area contributed by atoms with Crippen molar-refractivity contribution in [1.29, 1.82) is 5.26 Å². The minimum Gasteiger partial charge on any atom is -0.458 e. The zero-order chi connectivity index (χ0) is 29.2. The van der Waals surface area contributed by atoms with E-state index >= 15 is 0 Å². The Morgan fingerprint density at radius 1 is 1.10 bits per heavy atom. The fraction of sp³-hybridized carbons (Fsp3) is 0.576. The van der Waals surface area contributed by atoms with E-state index < -0.39 is 0 Å². The maximum Gasteiger partial charge on any atom is 0.319 e. The highest BCUT2D eigenvalue weighted by Crippen LogP contribution is 2.37. The number of aryl methyl sites for hydroxylation is 1. The highest BCUT2D eigenvalue weighted by Gasteiger charge is 2.35. The van der Waals surface area contributed by atoms with Gasteiger partial charge in [0, 0.05) is 43.5 Å². The number of fused-ring (bicyclic) bond motifs is 2. The summed E-state index contributed by atoms with van der Waals surface area (Å²) in [5.74, 6) is 0.777. The van der Waals surface area contributed by atoms with Crippen molar-refractivity contribution in [2.75, 3.05) is 50.1 Å². The number of likely N-dealkylation sites (N-methyl/N-ethyl adjacent to an activating group) is 1. The summed E-state index contributed by atoms with van der Waals surface area (Å²) in [4.78, 5) is 31.5. The third kappa shape index (κ3) is 5.57. The predicted octanol–water partition coefficient (Wildman–Crippen LogP) is 3.90. The molecule has 1 saturated heterocycles. The number of anilines is 2. The average Bonchev–Trinajstić information content (AvgIpc) is 3.48. The average molecular weight is 570 g/mol. The predicted molar refractivity (Wildman–Crippen MR) is 164 cm³/mol. The molecule has 1 aromatic heterocycles. The fourth-order valence-electron chi connectivity index (χ4n) is 7.47. The number of hydrogen-bond donors (Lipinski definition) is 0. The number of nitrogens with zero attached hydrogens (tertiary/aromatic N) is 7. The Hall–Kier alpha value is -3.64. The zero-order valence-corrected chi connectivity index (χ0v) is 25.1. The Balaban J connectivity index is 1.34. The number of nitriles is 1. The van der Waals surface area contributed by atoms with Crippen molar-refractivity contribution >= 4 is 17.4 Å². The summed E-state index contributed by atoms with van der Waals surface area (Å²) in [6, 6.07) is 9.62. The van der Waals surface area contributed by atoms with Crippen LogP contribution in [0.1, 0.15) is 60.9 Å². The second-order valence-electron chi connectivity index (χ2n) is 12.4. The lowest BCUT2D eigenvalue weighted by Crippen LogP contribution is -2.55. The molecule has 2 aliphatic heterocycles. The van der Waals surface area contributed by atoms with E-state index in [-0.39, 0.29) is 24.5 Å². The second-order valence-corrected chi connectivity index (χ2v) is 12.4. The topological polar surface area (TPSA) is 88.8 Å². The molecule has 1 saturated carbocycles. The Morgan fingerprint density at radius 3 is 2.76 bits per heavy atom. The van der Waals surface area contributed by atoms with Crippen LogP contribution in [0.2, 0.25) is 0 Å². The number of ether oxygens (including phenoxy) is 1. The van der Waals surface area contributed by atoms with Crippen molar-refractivity contribution in [2.45, 2.75) is 82.5 Å². The molecule has 3 atom stereocenters. The minimum absolute atomic E-state index is 0.0557. The molecule has 9 heteroatoms. The molecule has 6 rings (SSSR count). The largest absolute Gasteiger partial charge is 0.458 e. The molecule has 9 nitrogen and oxygen atoms in total. The van der Waals surface area contributed by atoms with Crippen molar-refractivity contribution in [2.24, 2.45) is 0 Å². The molecule has 0 unspecified atom stereocenters. The van der Waals surface area contributed by atoms with Crippen molar-refractivity contribution in [3.63, 3.8) is 0 Å². The molecular formula is C33H43N7O2. The number of rotatable bonds is 7. The minimum atomic E-state index is -0.215. The van der Waals surface area contributed by atoms with Crippen LogP contribution in [0.25, 0.3) is 0 Å². The van der Waals surface area contributed by atoms with Gasteiger partial charge in [0.25, 0.3) is 0 Å². The van der Waals surface area contributed by atoms with E-state index in [4.69, 9.17) is 14.7 Å². The fourth-order valence-corrected chi connectivity index (χ4v) is 7.47. The monoisotopic (exact) mass is 569 g/mol. The van der Waals surface area contributed by atoms with Gasteiger partial charge in [-0.05, 0) is 88.7 Å². The summed E-state index contributed by atoms with van der Waals surface area (Å²) >= 11 is 0. The van der Waals surface area contributed by atoms with Gasteiger partial charge >= 0.3 is 6.01 Å². The number of carbonyl (C=O) groups is 1. The van der Waals surface area contributed by atoms with E-state index in [9.17, 15) is 10.1 Å². The van der Waals surface area contributed by atoms with Gasteiger partial charge in [-0.1, -0.05) is 18.7 Å². The van der Waals surface area contributed by atoms with E-state index in [1.54, 1.807) is 4.90 Å². The van der Waals surface area contributed by atoms with E-state index in [2.05, 4.69) is 59.6 Å². The summed E-state index contributed by atoms with van der Waals surface area (Å²) in [6.45, 7) is 7.01. The zero-order valence-electron chi connectivity index (χ0n) is 25.1. The lowest BCUT2D eigenvalue weighted by Gasteiger charge is -2.42. The molecule has 4 aliphatic rings. The van der Waals surface area contributed by atoms with Crippen LogP contribution in [-0.2, 0) is 30.6 Å². The van der Waals surface area contributed by atoms with Crippen LogP contribution in [0.4, 0.5) is 11.5 Å². The van der Waals surface area contributed by atoms with Crippen LogP contribution in [0, 0.1) is 11.3 Å². The maximum atomic E-state index is 12.6. The second kappa shape index (κ2) is 12.3. The molecule has 1 aromatic carbocycles. The molecule has 3 heterocycles. The van der Waals surface area contributed by atoms with Gasteiger partial charge in [0.1, 0.15) is 11.9 Å². The number of amides is 1. The first-order chi connectivity index (χ1) is 20.5. The van der Waals surface area contributed by atoms with Crippen LogP contribution < -0.4 is 14.5 Å². The molecule has 2 aromatic rings. The van der Waals surface area contributed by atoms with Crippen molar-refractivity contribution < 1.29 is 9.53 Å². The number of hydrogen-bond acceptors (Lipinski definition) is 8. The summed E-state index contributed by atoms with van der Waals surface area (Å²) in [6.07, 6.45) is 10.6. The Bertz CT molecular complexity index is 1370. The highest BCUT2D eigenvalue weighted by atomic mass is 16.5. The molecule has 1 amide bonds. The summed E-state index contributed by atoms with van der Waals surface area (Å²) in [7, 11) is 4.23. The van der Waals surface area contributed by atoms with E-state index in [1.807, 2.05) is 0 Å². The molecule has 0 spiro atoms. The standard InChI is InChI=1S/C33H43N7O2/c1-4-31(41)40-20-19-39(21-24(40)15-17-34)32-26-16-18-38(28-12-7-10-23-9-5-6-11-25(23)28)22-27(26)35-33(36-32)42-30-14-8-13-29(30)37(2)3/h4,7,10,12,24,29-30H,1,5-6,8-9,11,13-16,18-22H2,2-3H3/t24-,29-,30-/m0/s1. The quantitative estimate of drug-likeness (QED) is 0.464. The number of benzene rings is 1. The lowest BCUT2D eigenvalue weighted by molar-refractivity contribution is -0.128. The van der Waals surface area contributed by atoms with Crippen LogP contribution in [0.15, 0.2) is 30.9 Å². The first-order valence-electron chi connectivity index (χ1n) is 15.6. The number of carbonyl (C=O) groups excluding carboxylic acids is 1. The molecule has 0 bridgehead atoms. The highest BCUT2D eigenvalue weighted by molar-refractivity contribution is 5.87. The molecule has 42 heavy (non-hydrogen) atoms. The first kappa shape index (κ1) is 28.5. The smallest absolute Gasteiger partial charge is 0.319 e. The number of aromatic nitrogens is 2. The third-order valence-electron chi connectivity index (χ3n) is 9.64. The van der Waals surface area contributed by atoms with Gasteiger partial charge in [-0.25, -0.2) is 0 Å². The van der Waals surface area contributed by atoms with Gasteiger partial charge in [0.05, 0.1) is 30.8 Å². The van der Waals surface area contributed by atoms with Crippen LogP contribution in [0.3, 0.4) is 0 Å². The Morgan fingerprint density at radius 2 is 1.95 bits per heavy atom. The lowest BCUT2D eigenvalue weighted by atomic mass is 9.89. The van der Waals surface area contributed by atoms with Crippen molar-refractivity contribution in [3.8, 4) is 12.1 Å². The SMILES string of the molecule is C=CC(=O)N1CCN(c2nc(O[C@H]3CCC[C@@H]3N(C)C)nc3c2CCN(c2cccc4c2CCCC4)C3)C[C@@H]1CC#N. The van der Waals surface area contributed by atoms with E-state index in [0.29, 0.717) is 31.7 Å². The molecular weight excluding hydrogens is 526 g/mol. The van der Waals surface area contributed by atoms with Gasteiger partial charge in [-0.3, -0.25) is 4.79 Å². The van der Waals surface area contributed by atoms with Gasteiger partial charge in [0.15, 0.2) is 0 Å². The molecule has 0 N–H and O–H groups in total. The van der Waals surface area contributed by atoms with Gasteiger partial charge in [-0.2, -0.15) is 15.2 Å². The van der Waals surface area contributed by atoms with Gasteiger partial charge in [0.2, 0.25) is 5.91 Å². The Labute approximate surface area is 249 Å². The Kier molecular flexibility index (Phi) is 8.34. The first-order valence-corrected chi connectivity index (χ1v) is 15.6. The van der Waals surface area contributed by atoms with Crippen molar-refractivity contribution in [1.82, 2.24) is 19.8 Å². The summed E-state index contributed by atoms with van der Waals surface area (Å²) in [5, 5.41) is 9.55. The maximum absolute atomic E-state index is 12.6. The molecule has 0 radical (unpaired) electrons. The summed E-state index contributed by atoms with van der Waals surface area (Å²) < 4.78 is 6.59. The van der Waals surface area contributed by atoms with Crippen molar-refractivity contribution in [3.05, 3.63) is 53.2 Å². The summed E-state index contributed by atoms with van der Waals surface area (Å²) in [5.41, 5.74) is 6.52. The number of piperazine rings is 1. The van der Waals surface area contributed by atoms with Gasteiger partial charge in [-0.15, -0.1) is 0 Å². The van der Waals surface area contributed by atoms with E-state index in [1.165, 1.54) is 35.7 Å². The van der Waals surface area contributed by atoms with Gasteiger partial charge < -0.3 is 24.3 Å². The molecule has 2 fully saturated rings.